The number of hydrogen-bond acceptors (Lipinski definition) is 4. The first-order chi connectivity index (χ1) is 11.5. The standard InChI is InChI=1S/C16H11ClF2N4O/c1-9(24)11-8-23(16-20-7-13(19)15(17)21-16)22-14(11)6-10-4-2-3-5-12(10)18/h2-5,7-8H,6H2,1H3. The minimum Gasteiger partial charge on any atom is -0.294 e. The fourth-order valence-electron chi connectivity index (χ4n) is 2.21. The van der Waals surface area contributed by atoms with Gasteiger partial charge >= 0.3 is 0 Å². The van der Waals surface area contributed by atoms with Gasteiger partial charge in [0.15, 0.2) is 16.8 Å². The number of carbonyl (C=O) groups is 1. The van der Waals surface area contributed by atoms with Crippen molar-refractivity contribution in [3.63, 3.8) is 0 Å². The summed E-state index contributed by atoms with van der Waals surface area (Å²) in [4.78, 5) is 19.4. The van der Waals surface area contributed by atoms with Crippen molar-refractivity contribution in [1.82, 2.24) is 19.7 Å². The summed E-state index contributed by atoms with van der Waals surface area (Å²) in [7, 11) is 0. The summed E-state index contributed by atoms with van der Waals surface area (Å²) in [6, 6.07) is 6.23. The molecule has 0 spiro atoms. The first kappa shape index (κ1) is 16.2. The average Bonchev–Trinajstić information content (AvgIpc) is 2.96. The van der Waals surface area contributed by atoms with E-state index in [-0.39, 0.29) is 29.1 Å². The van der Waals surface area contributed by atoms with Gasteiger partial charge in [-0.2, -0.15) is 10.1 Å². The zero-order chi connectivity index (χ0) is 17.3. The largest absolute Gasteiger partial charge is 0.294 e. The van der Waals surface area contributed by atoms with Crippen molar-refractivity contribution in [2.75, 3.05) is 0 Å². The Balaban J connectivity index is 2.03. The van der Waals surface area contributed by atoms with Gasteiger partial charge in [-0.05, 0) is 18.6 Å². The molecule has 8 heteroatoms. The molecule has 1 aromatic carbocycles. The average molecular weight is 349 g/mol. The van der Waals surface area contributed by atoms with Crippen LogP contribution >= 0.6 is 11.6 Å². The molecule has 0 aliphatic rings. The van der Waals surface area contributed by atoms with Gasteiger partial charge in [-0.1, -0.05) is 29.8 Å². The minimum absolute atomic E-state index is 0.0173. The number of nitrogens with zero attached hydrogens (tertiary/aromatic N) is 4. The number of Topliss-reactive ketones (excluding diaryl/α,β-unsaturated/α-hetero) is 1. The van der Waals surface area contributed by atoms with Crippen LogP contribution in [-0.2, 0) is 6.42 Å². The number of carbonyl (C=O) groups excluding carboxylic acids is 1. The molecule has 0 N–H and O–H groups in total. The van der Waals surface area contributed by atoms with Crippen LogP contribution in [0.5, 0.6) is 0 Å². The maximum absolute atomic E-state index is 13.8. The molecule has 5 nitrogen and oxygen atoms in total. The number of halogens is 3. The molecule has 0 bridgehead atoms. The molecule has 0 saturated heterocycles. The highest BCUT2D eigenvalue weighted by Crippen LogP contribution is 2.18. The van der Waals surface area contributed by atoms with E-state index in [4.69, 9.17) is 11.6 Å². The lowest BCUT2D eigenvalue weighted by Gasteiger charge is -2.02. The van der Waals surface area contributed by atoms with Gasteiger partial charge in [0, 0.05) is 12.6 Å². The quantitative estimate of drug-likeness (QED) is 0.535. The van der Waals surface area contributed by atoms with Gasteiger partial charge < -0.3 is 0 Å². The van der Waals surface area contributed by atoms with E-state index in [1.165, 1.54) is 23.9 Å². The van der Waals surface area contributed by atoms with Crippen LogP contribution in [0.4, 0.5) is 8.78 Å². The minimum atomic E-state index is -0.758. The molecule has 0 fully saturated rings. The van der Waals surface area contributed by atoms with E-state index < -0.39 is 5.82 Å². The maximum Gasteiger partial charge on any atom is 0.252 e. The van der Waals surface area contributed by atoms with Crippen molar-refractivity contribution in [2.24, 2.45) is 0 Å². The molecule has 0 unspecified atom stereocenters. The molecular formula is C16H11ClF2N4O. The van der Waals surface area contributed by atoms with Gasteiger partial charge in [-0.3, -0.25) is 4.79 Å². The van der Waals surface area contributed by atoms with Crippen molar-refractivity contribution in [1.29, 1.82) is 0 Å². The Hall–Kier alpha value is -2.67. The first-order valence-corrected chi connectivity index (χ1v) is 7.35. The van der Waals surface area contributed by atoms with Crippen molar-refractivity contribution in [2.45, 2.75) is 13.3 Å². The lowest BCUT2D eigenvalue weighted by atomic mass is 10.0. The van der Waals surface area contributed by atoms with Gasteiger partial charge in [-0.25, -0.2) is 18.4 Å². The van der Waals surface area contributed by atoms with Crippen molar-refractivity contribution < 1.29 is 13.6 Å². The summed E-state index contributed by atoms with van der Waals surface area (Å²) in [5, 5.41) is 3.88. The summed E-state index contributed by atoms with van der Waals surface area (Å²) in [6.07, 6.45) is 2.46. The molecule has 0 aliphatic carbocycles. The number of aromatic nitrogens is 4. The normalized spacial score (nSPS) is 10.8. The number of rotatable bonds is 4. The lowest BCUT2D eigenvalue weighted by Crippen LogP contribution is -2.04. The maximum atomic E-state index is 13.8. The fraction of sp³-hybridized carbons (Fsp3) is 0.125. The topological polar surface area (TPSA) is 60.7 Å². The second kappa shape index (κ2) is 6.45. The van der Waals surface area contributed by atoms with Crippen molar-refractivity contribution in [3.05, 3.63) is 70.3 Å². The molecule has 122 valence electrons. The fourth-order valence-corrected chi connectivity index (χ4v) is 2.33. The summed E-state index contributed by atoms with van der Waals surface area (Å²) >= 11 is 5.64. The van der Waals surface area contributed by atoms with Gasteiger partial charge in [0.2, 0.25) is 0 Å². The molecule has 3 aromatic rings. The highest BCUT2D eigenvalue weighted by Gasteiger charge is 2.17. The van der Waals surface area contributed by atoms with E-state index in [1.807, 2.05) is 0 Å². The van der Waals surface area contributed by atoms with Crippen LogP contribution < -0.4 is 0 Å². The molecular weight excluding hydrogens is 338 g/mol. The van der Waals surface area contributed by atoms with Gasteiger partial charge in [-0.15, -0.1) is 0 Å². The Morgan fingerprint density at radius 1 is 1.25 bits per heavy atom. The summed E-state index contributed by atoms with van der Waals surface area (Å²) in [5.41, 5.74) is 1.09. The molecule has 0 amide bonds. The smallest absolute Gasteiger partial charge is 0.252 e. The monoisotopic (exact) mass is 348 g/mol. The molecule has 0 radical (unpaired) electrons. The predicted molar refractivity (Wildman–Crippen MR) is 83.3 cm³/mol. The molecule has 0 saturated carbocycles. The molecule has 2 aromatic heterocycles. The highest BCUT2D eigenvalue weighted by molar-refractivity contribution is 6.29. The zero-order valence-corrected chi connectivity index (χ0v) is 13.3. The summed E-state index contributed by atoms with van der Waals surface area (Å²) in [5.74, 6) is -1.36. The second-order valence-corrected chi connectivity index (χ2v) is 5.43. The molecule has 0 aliphatic heterocycles. The molecule has 2 heterocycles. The highest BCUT2D eigenvalue weighted by atomic mass is 35.5. The number of benzene rings is 1. The van der Waals surface area contributed by atoms with Gasteiger partial charge in [0.1, 0.15) is 5.82 Å². The Morgan fingerprint density at radius 2 is 2.00 bits per heavy atom. The third-order valence-electron chi connectivity index (χ3n) is 3.38. The van der Waals surface area contributed by atoms with Gasteiger partial charge in [0.25, 0.3) is 5.95 Å². The van der Waals surface area contributed by atoms with E-state index in [1.54, 1.807) is 18.2 Å². The number of ketones is 1. The second-order valence-electron chi connectivity index (χ2n) is 5.07. The lowest BCUT2D eigenvalue weighted by molar-refractivity contribution is 0.101. The van der Waals surface area contributed by atoms with Gasteiger partial charge in [0.05, 0.1) is 17.5 Å². The van der Waals surface area contributed by atoms with Crippen LogP contribution in [0.25, 0.3) is 5.95 Å². The van der Waals surface area contributed by atoms with E-state index in [9.17, 15) is 13.6 Å². The predicted octanol–water partition coefficient (Wildman–Crippen LogP) is 3.39. The molecule has 3 rings (SSSR count). The zero-order valence-electron chi connectivity index (χ0n) is 12.5. The third kappa shape index (κ3) is 3.16. The van der Waals surface area contributed by atoms with Crippen molar-refractivity contribution >= 4 is 17.4 Å². The van der Waals surface area contributed by atoms with Crippen LogP contribution in [0.2, 0.25) is 5.15 Å². The van der Waals surface area contributed by atoms with Crippen LogP contribution in [-0.4, -0.2) is 25.5 Å². The Kier molecular flexibility index (Phi) is 4.35. The van der Waals surface area contributed by atoms with Crippen molar-refractivity contribution in [3.8, 4) is 5.95 Å². The van der Waals surface area contributed by atoms with E-state index in [0.29, 0.717) is 16.8 Å². The Labute approximate surface area is 140 Å². The first-order valence-electron chi connectivity index (χ1n) is 6.97. The van der Waals surface area contributed by atoms with Crippen LogP contribution in [0, 0.1) is 11.6 Å². The van der Waals surface area contributed by atoms with Crippen LogP contribution in [0.3, 0.4) is 0 Å². The van der Waals surface area contributed by atoms with E-state index in [0.717, 1.165) is 6.20 Å². The Morgan fingerprint density at radius 3 is 2.67 bits per heavy atom. The van der Waals surface area contributed by atoms with Crippen LogP contribution in [0.1, 0.15) is 28.5 Å². The van der Waals surface area contributed by atoms with E-state index in [2.05, 4.69) is 15.1 Å². The molecule has 0 atom stereocenters. The summed E-state index contributed by atoms with van der Waals surface area (Å²) in [6.45, 7) is 1.38. The molecule has 24 heavy (non-hydrogen) atoms. The number of hydrogen-bond donors (Lipinski definition) is 0. The third-order valence-corrected chi connectivity index (χ3v) is 3.64. The Bertz CT molecular complexity index is 926. The SMILES string of the molecule is CC(=O)c1cn(-c2ncc(F)c(Cl)n2)nc1Cc1ccccc1F. The van der Waals surface area contributed by atoms with E-state index >= 15 is 0 Å². The summed E-state index contributed by atoms with van der Waals surface area (Å²) < 4.78 is 28.2. The van der Waals surface area contributed by atoms with Crippen LogP contribution in [0.15, 0.2) is 36.7 Å².